The van der Waals surface area contributed by atoms with Gasteiger partial charge in [-0.15, -0.1) is 0 Å². The van der Waals surface area contributed by atoms with Crippen molar-refractivity contribution in [1.29, 1.82) is 0 Å². The number of alkyl halides is 3. The minimum atomic E-state index is -4.16. The van der Waals surface area contributed by atoms with E-state index in [9.17, 15) is 13.2 Å². The first-order valence-corrected chi connectivity index (χ1v) is 5.38. The quantitative estimate of drug-likeness (QED) is 0.795. The zero-order valence-electron chi connectivity index (χ0n) is 8.64. The molecule has 0 bridgehead atoms. The molecule has 1 aromatic heterocycles. The van der Waals surface area contributed by atoms with Crippen LogP contribution in [0.15, 0.2) is 6.33 Å². The number of fused-ring (bicyclic) bond motifs is 1. The summed E-state index contributed by atoms with van der Waals surface area (Å²) in [5, 5.41) is 3.11. The largest absolute Gasteiger partial charge is 0.411 e. The summed E-state index contributed by atoms with van der Waals surface area (Å²) < 4.78 is 40.3. The molecule has 1 aliphatic carbocycles. The van der Waals surface area contributed by atoms with Crippen molar-refractivity contribution >= 4 is 0 Å². The molecule has 2 heterocycles. The lowest BCUT2D eigenvalue weighted by Crippen LogP contribution is -2.37. The van der Waals surface area contributed by atoms with Gasteiger partial charge in [-0.1, -0.05) is 0 Å². The minimum Gasteiger partial charge on any atom is -0.319 e. The third-order valence-corrected chi connectivity index (χ3v) is 3.50. The van der Waals surface area contributed by atoms with E-state index >= 15 is 0 Å². The van der Waals surface area contributed by atoms with Crippen LogP contribution in [0.3, 0.4) is 0 Å². The lowest BCUT2D eigenvalue weighted by atomic mass is 10.1. The molecule has 3 rings (SSSR count). The minimum absolute atomic E-state index is 0.187. The van der Waals surface area contributed by atoms with E-state index in [-0.39, 0.29) is 12.8 Å². The highest BCUT2D eigenvalue weighted by Gasteiger charge is 2.65. The van der Waals surface area contributed by atoms with Gasteiger partial charge in [0.05, 0.1) is 12.0 Å². The second-order valence-electron chi connectivity index (χ2n) is 4.46. The second kappa shape index (κ2) is 3.00. The van der Waals surface area contributed by atoms with Gasteiger partial charge in [0.25, 0.3) is 0 Å². The molecule has 1 N–H and O–H groups in total. The average Bonchev–Trinajstić information content (AvgIpc) is 2.93. The monoisotopic (exact) mass is 231 g/mol. The van der Waals surface area contributed by atoms with Gasteiger partial charge in [0.15, 0.2) is 0 Å². The lowest BCUT2D eigenvalue weighted by Gasteiger charge is -2.24. The first-order valence-electron chi connectivity index (χ1n) is 5.38. The molecule has 88 valence electrons. The SMILES string of the molecule is FC(F)(F)C1(n2cnc3c2CCNC3)CC1. The fourth-order valence-corrected chi connectivity index (χ4v) is 2.38. The van der Waals surface area contributed by atoms with Crippen LogP contribution in [0.25, 0.3) is 0 Å². The maximum atomic E-state index is 13.0. The predicted molar refractivity (Wildman–Crippen MR) is 50.9 cm³/mol. The molecule has 1 fully saturated rings. The van der Waals surface area contributed by atoms with Crippen LogP contribution in [0.4, 0.5) is 13.2 Å². The number of hydrogen-bond donors (Lipinski definition) is 1. The third kappa shape index (κ3) is 1.22. The zero-order chi connectivity index (χ0) is 11.4. The second-order valence-corrected chi connectivity index (χ2v) is 4.46. The Kier molecular flexibility index (Phi) is 1.90. The van der Waals surface area contributed by atoms with E-state index in [0.29, 0.717) is 13.0 Å². The molecular formula is C10H12F3N3. The van der Waals surface area contributed by atoms with Crippen LogP contribution >= 0.6 is 0 Å². The van der Waals surface area contributed by atoms with Gasteiger partial charge in [-0.05, 0) is 12.8 Å². The number of aromatic nitrogens is 2. The van der Waals surface area contributed by atoms with Crippen molar-refractivity contribution in [1.82, 2.24) is 14.9 Å². The van der Waals surface area contributed by atoms with Crippen LogP contribution in [-0.4, -0.2) is 22.3 Å². The van der Waals surface area contributed by atoms with E-state index in [1.807, 2.05) is 0 Å². The number of hydrogen-bond acceptors (Lipinski definition) is 2. The standard InChI is InChI=1S/C10H12F3N3/c11-10(12,13)9(2-3-9)16-6-15-7-5-14-4-1-8(7)16/h6,14H,1-5H2. The molecule has 0 atom stereocenters. The summed E-state index contributed by atoms with van der Waals surface area (Å²) in [6.07, 6.45) is -1.79. The summed E-state index contributed by atoms with van der Waals surface area (Å²) in [5.74, 6) is 0. The number of imidazole rings is 1. The Labute approximate surface area is 90.7 Å². The van der Waals surface area contributed by atoms with Crippen LogP contribution < -0.4 is 5.32 Å². The van der Waals surface area contributed by atoms with Crippen LogP contribution in [-0.2, 0) is 18.5 Å². The van der Waals surface area contributed by atoms with E-state index in [1.165, 1.54) is 10.9 Å². The highest BCUT2D eigenvalue weighted by molar-refractivity contribution is 5.22. The fraction of sp³-hybridized carbons (Fsp3) is 0.700. The molecule has 0 amide bonds. The molecule has 2 aliphatic rings. The molecule has 16 heavy (non-hydrogen) atoms. The van der Waals surface area contributed by atoms with Gasteiger partial charge >= 0.3 is 6.18 Å². The molecule has 6 heteroatoms. The topological polar surface area (TPSA) is 29.9 Å². The summed E-state index contributed by atoms with van der Waals surface area (Å²) in [6.45, 7) is 1.31. The molecule has 0 unspecified atom stereocenters. The van der Waals surface area contributed by atoms with Gasteiger partial charge in [0, 0.05) is 25.2 Å². The Morgan fingerprint density at radius 2 is 2.12 bits per heavy atom. The summed E-state index contributed by atoms with van der Waals surface area (Å²) >= 11 is 0. The molecule has 3 nitrogen and oxygen atoms in total. The smallest absolute Gasteiger partial charge is 0.319 e. The zero-order valence-corrected chi connectivity index (χ0v) is 8.64. The van der Waals surface area contributed by atoms with Gasteiger partial charge in [-0.25, -0.2) is 4.98 Å². The predicted octanol–water partition coefficient (Wildman–Crippen LogP) is 1.58. The first-order chi connectivity index (χ1) is 7.55. The molecule has 1 aromatic rings. The molecule has 0 radical (unpaired) electrons. The van der Waals surface area contributed by atoms with Gasteiger partial charge in [0.2, 0.25) is 0 Å². The highest BCUT2D eigenvalue weighted by Crippen LogP contribution is 2.56. The summed E-state index contributed by atoms with van der Waals surface area (Å²) in [4.78, 5) is 4.08. The Hall–Kier alpha value is -1.04. The summed E-state index contributed by atoms with van der Waals surface area (Å²) in [5.41, 5.74) is -0.124. The summed E-state index contributed by atoms with van der Waals surface area (Å²) in [6, 6.07) is 0. The lowest BCUT2D eigenvalue weighted by molar-refractivity contribution is -0.180. The van der Waals surface area contributed by atoms with Crippen molar-refractivity contribution in [3.8, 4) is 0 Å². The Bertz CT molecular complexity index is 417. The van der Waals surface area contributed by atoms with Crippen molar-refractivity contribution in [3.63, 3.8) is 0 Å². The number of nitrogens with one attached hydrogen (secondary N) is 1. The van der Waals surface area contributed by atoms with Crippen molar-refractivity contribution in [2.75, 3.05) is 6.54 Å². The Morgan fingerprint density at radius 3 is 2.75 bits per heavy atom. The number of rotatable bonds is 1. The maximum Gasteiger partial charge on any atom is 0.411 e. The van der Waals surface area contributed by atoms with Crippen LogP contribution in [0, 0.1) is 0 Å². The van der Waals surface area contributed by atoms with Crippen molar-refractivity contribution in [2.45, 2.75) is 37.5 Å². The molecule has 0 spiro atoms. The van der Waals surface area contributed by atoms with E-state index in [2.05, 4.69) is 10.3 Å². The average molecular weight is 231 g/mol. The van der Waals surface area contributed by atoms with Crippen molar-refractivity contribution in [2.24, 2.45) is 0 Å². The van der Waals surface area contributed by atoms with Crippen molar-refractivity contribution in [3.05, 3.63) is 17.7 Å². The van der Waals surface area contributed by atoms with Gasteiger partial charge < -0.3 is 9.88 Å². The number of nitrogens with zero attached hydrogens (tertiary/aromatic N) is 2. The van der Waals surface area contributed by atoms with Gasteiger partial charge in [0.1, 0.15) is 5.54 Å². The Morgan fingerprint density at radius 1 is 1.38 bits per heavy atom. The summed E-state index contributed by atoms with van der Waals surface area (Å²) in [7, 11) is 0. The molecule has 0 saturated heterocycles. The number of halogens is 3. The first kappa shape index (κ1) is 10.1. The normalized spacial score (nSPS) is 22.9. The third-order valence-electron chi connectivity index (χ3n) is 3.50. The highest BCUT2D eigenvalue weighted by atomic mass is 19.4. The van der Waals surface area contributed by atoms with Crippen LogP contribution in [0.2, 0.25) is 0 Å². The van der Waals surface area contributed by atoms with E-state index < -0.39 is 11.7 Å². The fourth-order valence-electron chi connectivity index (χ4n) is 2.38. The Balaban J connectivity index is 2.04. The van der Waals surface area contributed by atoms with Crippen LogP contribution in [0.5, 0.6) is 0 Å². The van der Waals surface area contributed by atoms with Crippen LogP contribution in [0.1, 0.15) is 24.2 Å². The molecule has 0 aromatic carbocycles. The van der Waals surface area contributed by atoms with E-state index in [0.717, 1.165) is 17.9 Å². The van der Waals surface area contributed by atoms with Gasteiger partial charge in [-0.3, -0.25) is 0 Å². The maximum absolute atomic E-state index is 13.0. The molecule has 1 saturated carbocycles. The van der Waals surface area contributed by atoms with E-state index in [4.69, 9.17) is 0 Å². The molecular weight excluding hydrogens is 219 g/mol. The van der Waals surface area contributed by atoms with E-state index in [1.54, 1.807) is 0 Å². The van der Waals surface area contributed by atoms with Gasteiger partial charge in [-0.2, -0.15) is 13.2 Å². The molecule has 1 aliphatic heterocycles. The van der Waals surface area contributed by atoms with Crippen molar-refractivity contribution < 1.29 is 13.2 Å².